The fourth-order valence-electron chi connectivity index (χ4n) is 3.07. The van der Waals surface area contributed by atoms with Gasteiger partial charge in [0.05, 0.1) is 35.0 Å². The fourth-order valence-corrected chi connectivity index (χ4v) is 3.07. The summed E-state index contributed by atoms with van der Waals surface area (Å²) in [5.74, 6) is 0. The number of fused-ring (bicyclic) bond motifs is 1. The van der Waals surface area contributed by atoms with E-state index in [4.69, 9.17) is 0 Å². The molecule has 0 aliphatic carbocycles. The first-order chi connectivity index (χ1) is 13.8. The van der Waals surface area contributed by atoms with Crippen molar-refractivity contribution in [2.45, 2.75) is 6.92 Å². The first kappa shape index (κ1) is 17.5. The molecule has 2 heterocycles. The van der Waals surface area contributed by atoms with Gasteiger partial charge in [0.1, 0.15) is 0 Å². The Bertz CT molecular complexity index is 1020. The van der Waals surface area contributed by atoms with E-state index >= 15 is 0 Å². The summed E-state index contributed by atoms with van der Waals surface area (Å²) in [5.41, 5.74) is 12.3. The van der Waals surface area contributed by atoms with Gasteiger partial charge in [0.25, 0.3) is 0 Å². The van der Waals surface area contributed by atoms with Gasteiger partial charge in [0, 0.05) is 11.8 Å². The quantitative estimate of drug-likeness (QED) is 0.366. The number of nitrogens with zero attached hydrogens (tertiary/aromatic N) is 3. The van der Waals surface area contributed by atoms with Crippen LogP contribution in [0.5, 0.6) is 0 Å². The minimum Gasteiger partial charge on any atom is -0.315 e. The molecule has 0 spiro atoms. The van der Waals surface area contributed by atoms with Crippen molar-refractivity contribution < 1.29 is 0 Å². The summed E-state index contributed by atoms with van der Waals surface area (Å²) in [7, 11) is 0. The maximum absolute atomic E-state index is 4.42. The molecule has 0 unspecified atom stereocenters. The van der Waals surface area contributed by atoms with Crippen LogP contribution in [0.1, 0.15) is 16.8 Å². The summed E-state index contributed by atoms with van der Waals surface area (Å²) in [5, 5.41) is 8.82. The van der Waals surface area contributed by atoms with Crippen molar-refractivity contribution in [2.75, 3.05) is 10.9 Å². The van der Waals surface area contributed by atoms with Gasteiger partial charge in [-0.1, -0.05) is 42.5 Å². The molecule has 138 valence electrons. The molecule has 0 aliphatic heterocycles. The van der Waals surface area contributed by atoms with Crippen molar-refractivity contribution in [2.24, 2.45) is 10.2 Å². The van der Waals surface area contributed by atoms with E-state index in [1.807, 2.05) is 91.4 Å². The second kappa shape index (κ2) is 8.22. The number of pyridine rings is 1. The predicted molar refractivity (Wildman–Crippen MR) is 117 cm³/mol. The molecule has 2 aromatic carbocycles. The molecule has 2 aromatic heterocycles. The van der Waals surface area contributed by atoms with E-state index in [1.165, 1.54) is 0 Å². The Morgan fingerprint density at radius 3 is 1.93 bits per heavy atom. The highest BCUT2D eigenvalue weighted by Gasteiger charge is 2.11. The van der Waals surface area contributed by atoms with Gasteiger partial charge in [-0.05, 0) is 48.9 Å². The number of hydrogen-bond acceptors (Lipinski definition) is 4. The van der Waals surface area contributed by atoms with Crippen molar-refractivity contribution in [3.63, 3.8) is 0 Å². The van der Waals surface area contributed by atoms with Crippen molar-refractivity contribution in [3.8, 4) is 0 Å². The largest absolute Gasteiger partial charge is 0.315 e. The molecule has 0 saturated carbocycles. The van der Waals surface area contributed by atoms with Crippen LogP contribution < -0.4 is 10.9 Å². The Morgan fingerprint density at radius 1 is 0.714 bits per heavy atom. The third-order valence-corrected chi connectivity index (χ3v) is 4.50. The lowest BCUT2D eigenvalue weighted by Gasteiger charge is -2.00. The monoisotopic (exact) mass is 367 g/mol. The molecule has 0 radical (unpaired) electrons. The van der Waals surface area contributed by atoms with Crippen LogP contribution in [0.4, 0.5) is 11.4 Å². The Morgan fingerprint density at radius 2 is 1.29 bits per heavy atom. The highest BCUT2D eigenvalue weighted by atomic mass is 15.3. The zero-order chi connectivity index (χ0) is 19.2. The molecule has 4 rings (SSSR count). The van der Waals surface area contributed by atoms with Crippen molar-refractivity contribution in [3.05, 3.63) is 102 Å². The van der Waals surface area contributed by atoms with Gasteiger partial charge in [-0.15, -0.1) is 0 Å². The first-order valence-corrected chi connectivity index (χ1v) is 9.11. The molecule has 28 heavy (non-hydrogen) atoms. The average Bonchev–Trinajstić information content (AvgIpc) is 3.01. The van der Waals surface area contributed by atoms with Crippen LogP contribution in [0, 0.1) is 6.92 Å². The summed E-state index contributed by atoms with van der Waals surface area (Å²) in [6.07, 6.45) is 5.74. The summed E-state index contributed by atoms with van der Waals surface area (Å²) in [6, 6.07) is 25.9. The minimum absolute atomic E-state index is 0.950. The molecule has 2 N–H and O–H groups in total. The Balaban J connectivity index is 1.62. The molecule has 0 bridgehead atoms. The number of anilines is 2. The van der Waals surface area contributed by atoms with Gasteiger partial charge in [-0.3, -0.25) is 10.9 Å². The number of hydrogen-bond donors (Lipinski definition) is 2. The zero-order valence-electron chi connectivity index (χ0n) is 15.6. The summed E-state index contributed by atoms with van der Waals surface area (Å²) in [6.45, 7) is 2.08. The molecule has 0 atom stereocenters. The van der Waals surface area contributed by atoms with Crippen LogP contribution in [0.15, 0.2) is 95.3 Å². The van der Waals surface area contributed by atoms with E-state index in [9.17, 15) is 0 Å². The van der Waals surface area contributed by atoms with Crippen LogP contribution >= 0.6 is 0 Å². The number of benzene rings is 2. The Kier molecular flexibility index (Phi) is 5.15. The number of hydrazone groups is 2. The van der Waals surface area contributed by atoms with E-state index in [1.54, 1.807) is 0 Å². The minimum atomic E-state index is 0.950. The molecular weight excluding hydrogens is 346 g/mol. The Hall–Kier alpha value is -3.86. The maximum atomic E-state index is 4.42. The standard InChI is InChI=1S/C23H21N5/c1-18-21(16-24-26-19-10-4-2-5-11-19)22-14-8-9-15-28(22)23(18)17-25-27-20-12-6-3-7-13-20/h2-17,26-27H,1H3/b24-16-,25-17+. The van der Waals surface area contributed by atoms with Crippen molar-refractivity contribution in [1.82, 2.24) is 4.40 Å². The van der Waals surface area contributed by atoms with E-state index in [-0.39, 0.29) is 0 Å². The van der Waals surface area contributed by atoms with Gasteiger partial charge in [-0.25, -0.2) is 0 Å². The number of nitrogens with one attached hydrogen (secondary N) is 2. The lowest BCUT2D eigenvalue weighted by molar-refractivity contribution is 1.16. The Labute approximate surface area is 164 Å². The molecule has 0 fully saturated rings. The van der Waals surface area contributed by atoms with E-state index < -0.39 is 0 Å². The lowest BCUT2D eigenvalue weighted by Crippen LogP contribution is -1.95. The van der Waals surface area contributed by atoms with Crippen LogP contribution in [0.3, 0.4) is 0 Å². The molecule has 5 nitrogen and oxygen atoms in total. The van der Waals surface area contributed by atoms with Crippen LogP contribution in [0.25, 0.3) is 5.52 Å². The summed E-state index contributed by atoms with van der Waals surface area (Å²) < 4.78 is 2.12. The third-order valence-electron chi connectivity index (χ3n) is 4.50. The van der Waals surface area contributed by atoms with Crippen LogP contribution in [0.2, 0.25) is 0 Å². The normalized spacial score (nSPS) is 11.5. The van der Waals surface area contributed by atoms with Crippen molar-refractivity contribution in [1.29, 1.82) is 0 Å². The average molecular weight is 367 g/mol. The van der Waals surface area contributed by atoms with Crippen LogP contribution in [-0.4, -0.2) is 16.8 Å². The van der Waals surface area contributed by atoms with Gasteiger partial charge < -0.3 is 4.40 Å². The molecule has 0 amide bonds. The number of para-hydroxylation sites is 2. The van der Waals surface area contributed by atoms with E-state index in [0.29, 0.717) is 0 Å². The highest BCUT2D eigenvalue weighted by molar-refractivity contribution is 5.97. The van der Waals surface area contributed by atoms with Gasteiger partial charge in [0.15, 0.2) is 0 Å². The fraction of sp³-hybridized carbons (Fsp3) is 0.0435. The van der Waals surface area contributed by atoms with Crippen LogP contribution in [-0.2, 0) is 0 Å². The molecular formula is C23H21N5. The maximum Gasteiger partial charge on any atom is 0.0715 e. The molecule has 0 aliphatic rings. The second-order valence-electron chi connectivity index (χ2n) is 6.35. The number of rotatable bonds is 6. The predicted octanol–water partition coefficient (Wildman–Crippen LogP) is 5.14. The first-order valence-electron chi connectivity index (χ1n) is 9.11. The number of aromatic nitrogens is 1. The molecule has 4 aromatic rings. The second-order valence-corrected chi connectivity index (χ2v) is 6.35. The molecule has 5 heteroatoms. The smallest absolute Gasteiger partial charge is 0.0715 e. The summed E-state index contributed by atoms with van der Waals surface area (Å²) >= 11 is 0. The van der Waals surface area contributed by atoms with Gasteiger partial charge >= 0.3 is 0 Å². The SMILES string of the molecule is Cc1c(/C=N\Nc2ccccc2)c2ccccn2c1/C=N/Nc1ccccc1. The lowest BCUT2D eigenvalue weighted by atomic mass is 10.1. The summed E-state index contributed by atoms with van der Waals surface area (Å²) in [4.78, 5) is 0. The topological polar surface area (TPSA) is 53.2 Å². The van der Waals surface area contributed by atoms with Gasteiger partial charge in [0.2, 0.25) is 0 Å². The molecule has 0 saturated heterocycles. The van der Waals surface area contributed by atoms with E-state index in [2.05, 4.69) is 38.4 Å². The van der Waals surface area contributed by atoms with E-state index in [0.717, 1.165) is 33.7 Å². The third kappa shape index (κ3) is 3.78. The van der Waals surface area contributed by atoms with Crippen molar-refractivity contribution >= 4 is 29.3 Å². The highest BCUT2D eigenvalue weighted by Crippen LogP contribution is 2.21. The zero-order valence-corrected chi connectivity index (χ0v) is 15.6. The van der Waals surface area contributed by atoms with Gasteiger partial charge in [-0.2, -0.15) is 10.2 Å².